The van der Waals surface area contributed by atoms with Crippen molar-refractivity contribution >= 4 is 31.6 Å². The number of hydrogen-bond acceptors (Lipinski definition) is 5. The lowest BCUT2D eigenvalue weighted by atomic mass is 10.3. The molecule has 1 saturated heterocycles. The first kappa shape index (κ1) is 17.9. The first-order valence-corrected chi connectivity index (χ1v) is 10.2. The number of carbonyl (C=O) groups is 1. The lowest BCUT2D eigenvalue weighted by Gasteiger charge is -2.32. The highest BCUT2D eigenvalue weighted by Crippen LogP contribution is 2.20. The number of rotatable bonds is 4. The number of carbonyl (C=O) groups excluding carboxylic acids is 1. The fourth-order valence-corrected chi connectivity index (χ4v) is 4.55. The van der Waals surface area contributed by atoms with Gasteiger partial charge in [-0.1, -0.05) is 0 Å². The van der Waals surface area contributed by atoms with Crippen LogP contribution in [0.15, 0.2) is 29.2 Å². The molecule has 0 aliphatic carbocycles. The van der Waals surface area contributed by atoms with Gasteiger partial charge in [-0.25, -0.2) is 16.8 Å². The van der Waals surface area contributed by atoms with E-state index in [-0.39, 0.29) is 37.0 Å². The smallest absolute Gasteiger partial charge is 0.243 e. The normalized spacial score (nSPS) is 17.8. The van der Waals surface area contributed by atoms with Gasteiger partial charge in [0.1, 0.15) is 0 Å². The highest BCUT2D eigenvalue weighted by Gasteiger charge is 2.31. The minimum absolute atomic E-state index is 0.111. The van der Waals surface area contributed by atoms with Crippen LogP contribution in [0, 0.1) is 0 Å². The second kappa shape index (κ2) is 6.56. The third-order valence-electron chi connectivity index (χ3n) is 3.48. The Hall–Kier alpha value is -1.49. The Kier molecular flexibility index (Phi) is 5.09. The van der Waals surface area contributed by atoms with Crippen molar-refractivity contribution in [2.24, 2.45) is 0 Å². The second-order valence-electron chi connectivity index (χ2n) is 5.27. The van der Waals surface area contributed by atoms with E-state index >= 15 is 0 Å². The summed E-state index contributed by atoms with van der Waals surface area (Å²) < 4.78 is 50.5. The highest BCUT2D eigenvalue weighted by atomic mass is 32.2. The van der Waals surface area contributed by atoms with E-state index in [1.807, 2.05) is 0 Å². The van der Waals surface area contributed by atoms with Crippen LogP contribution in [0.25, 0.3) is 0 Å². The van der Waals surface area contributed by atoms with Crippen molar-refractivity contribution in [1.29, 1.82) is 0 Å². The Labute approximate surface area is 136 Å². The minimum Gasteiger partial charge on any atom is -0.326 e. The summed E-state index contributed by atoms with van der Waals surface area (Å²) in [6.07, 6.45) is 1.11. The zero-order valence-electron chi connectivity index (χ0n) is 12.9. The van der Waals surface area contributed by atoms with Gasteiger partial charge in [0, 0.05) is 38.8 Å². The van der Waals surface area contributed by atoms with Gasteiger partial charge in [0.15, 0.2) is 0 Å². The Bertz CT molecular complexity index is 779. The fraction of sp³-hybridized carbons (Fsp3) is 0.462. The molecule has 1 N–H and O–H groups in total. The van der Waals surface area contributed by atoms with Crippen LogP contribution in [0.4, 0.5) is 5.69 Å². The molecule has 1 fully saturated rings. The van der Waals surface area contributed by atoms with Crippen LogP contribution < -0.4 is 5.32 Å². The molecule has 1 aromatic carbocycles. The zero-order valence-corrected chi connectivity index (χ0v) is 14.5. The minimum atomic E-state index is -3.68. The lowest BCUT2D eigenvalue weighted by molar-refractivity contribution is -0.114. The molecule has 0 atom stereocenters. The molecule has 1 aliphatic heterocycles. The lowest BCUT2D eigenvalue weighted by Crippen LogP contribution is -2.50. The summed E-state index contributed by atoms with van der Waals surface area (Å²) in [6.45, 7) is 1.88. The molecule has 0 saturated carbocycles. The van der Waals surface area contributed by atoms with Gasteiger partial charge in [-0.15, -0.1) is 0 Å². The predicted octanol–water partition coefficient (Wildman–Crippen LogP) is -0.0891. The Morgan fingerprint density at radius 2 is 1.43 bits per heavy atom. The summed E-state index contributed by atoms with van der Waals surface area (Å²) in [6, 6.07) is 5.87. The van der Waals surface area contributed by atoms with E-state index in [1.54, 1.807) is 0 Å². The van der Waals surface area contributed by atoms with E-state index in [9.17, 15) is 21.6 Å². The largest absolute Gasteiger partial charge is 0.326 e. The monoisotopic (exact) mass is 361 g/mol. The number of sulfonamides is 2. The predicted molar refractivity (Wildman–Crippen MR) is 85.9 cm³/mol. The molecule has 2 rings (SSSR count). The highest BCUT2D eigenvalue weighted by molar-refractivity contribution is 7.89. The van der Waals surface area contributed by atoms with Crippen LogP contribution in [-0.4, -0.2) is 63.8 Å². The number of anilines is 1. The molecule has 0 spiro atoms. The summed E-state index contributed by atoms with van der Waals surface area (Å²) in [5.41, 5.74) is 0.512. The van der Waals surface area contributed by atoms with Gasteiger partial charge in [-0.05, 0) is 24.3 Å². The Morgan fingerprint density at radius 1 is 0.957 bits per heavy atom. The molecule has 0 aromatic heterocycles. The van der Waals surface area contributed by atoms with E-state index in [0.29, 0.717) is 5.69 Å². The third-order valence-corrected chi connectivity index (χ3v) is 6.70. The molecule has 10 heteroatoms. The van der Waals surface area contributed by atoms with Crippen molar-refractivity contribution in [3.05, 3.63) is 24.3 Å². The molecular weight excluding hydrogens is 342 g/mol. The quantitative estimate of drug-likeness (QED) is 0.807. The first-order valence-electron chi connectivity index (χ1n) is 6.93. The summed E-state index contributed by atoms with van der Waals surface area (Å²) >= 11 is 0. The molecular formula is C13H19N3O5S2. The van der Waals surface area contributed by atoms with Crippen LogP contribution in [0.5, 0.6) is 0 Å². The fourth-order valence-electron chi connectivity index (χ4n) is 2.30. The number of amides is 1. The van der Waals surface area contributed by atoms with Gasteiger partial charge in [0.2, 0.25) is 26.0 Å². The Morgan fingerprint density at radius 3 is 1.87 bits per heavy atom. The maximum Gasteiger partial charge on any atom is 0.243 e. The number of benzene rings is 1. The van der Waals surface area contributed by atoms with Gasteiger partial charge in [-0.2, -0.15) is 8.61 Å². The van der Waals surface area contributed by atoms with Gasteiger partial charge in [0.05, 0.1) is 11.2 Å². The zero-order chi connectivity index (χ0) is 17.3. The SMILES string of the molecule is CC(=O)Nc1ccc(S(=O)(=O)N2CCN(S(C)(=O)=O)CC2)cc1. The van der Waals surface area contributed by atoms with Crippen molar-refractivity contribution < 1.29 is 21.6 Å². The molecule has 23 heavy (non-hydrogen) atoms. The maximum absolute atomic E-state index is 12.5. The molecule has 1 aromatic rings. The van der Waals surface area contributed by atoms with Crippen LogP contribution in [-0.2, 0) is 24.8 Å². The van der Waals surface area contributed by atoms with Crippen molar-refractivity contribution in [2.75, 3.05) is 37.8 Å². The van der Waals surface area contributed by atoms with Crippen LogP contribution in [0.1, 0.15) is 6.92 Å². The maximum atomic E-state index is 12.5. The van der Waals surface area contributed by atoms with Crippen LogP contribution in [0.2, 0.25) is 0 Å². The number of nitrogens with zero attached hydrogens (tertiary/aromatic N) is 2. The summed E-state index contributed by atoms with van der Waals surface area (Å²) in [5.74, 6) is -0.238. The standard InChI is InChI=1S/C13H19N3O5S2/c1-11(17)14-12-3-5-13(6-4-12)23(20,21)16-9-7-15(8-10-16)22(2,18)19/h3-6H,7-10H2,1-2H3,(H,14,17). The van der Waals surface area contributed by atoms with Crippen molar-refractivity contribution in [3.63, 3.8) is 0 Å². The van der Waals surface area contributed by atoms with Crippen LogP contribution in [0.3, 0.4) is 0 Å². The van der Waals surface area contributed by atoms with E-state index in [0.717, 1.165) is 6.26 Å². The van der Waals surface area contributed by atoms with Crippen LogP contribution >= 0.6 is 0 Å². The molecule has 1 heterocycles. The third kappa shape index (κ3) is 4.28. The first-order chi connectivity index (χ1) is 10.6. The average Bonchev–Trinajstić information content (AvgIpc) is 2.46. The molecule has 0 unspecified atom stereocenters. The van der Waals surface area contributed by atoms with Crippen molar-refractivity contribution in [2.45, 2.75) is 11.8 Å². The van der Waals surface area contributed by atoms with E-state index < -0.39 is 20.0 Å². The van der Waals surface area contributed by atoms with Crippen molar-refractivity contribution in [1.82, 2.24) is 8.61 Å². The average molecular weight is 361 g/mol. The van der Waals surface area contributed by atoms with Gasteiger partial charge in [-0.3, -0.25) is 4.79 Å². The number of hydrogen-bond donors (Lipinski definition) is 1. The molecule has 1 amide bonds. The molecule has 1 aliphatic rings. The molecule has 128 valence electrons. The summed E-state index contributed by atoms with van der Waals surface area (Å²) in [4.78, 5) is 11.1. The molecule has 8 nitrogen and oxygen atoms in total. The van der Waals surface area contributed by atoms with Gasteiger partial charge in [0.25, 0.3) is 0 Å². The second-order valence-corrected chi connectivity index (χ2v) is 9.19. The number of piperazine rings is 1. The summed E-state index contributed by atoms with van der Waals surface area (Å²) in [5, 5.41) is 2.56. The topological polar surface area (TPSA) is 104 Å². The van der Waals surface area contributed by atoms with E-state index in [1.165, 1.54) is 39.8 Å². The van der Waals surface area contributed by atoms with Crippen molar-refractivity contribution in [3.8, 4) is 0 Å². The van der Waals surface area contributed by atoms with E-state index in [4.69, 9.17) is 0 Å². The molecule has 0 bridgehead atoms. The van der Waals surface area contributed by atoms with E-state index in [2.05, 4.69) is 5.32 Å². The summed E-state index contributed by atoms with van der Waals surface area (Å²) in [7, 11) is -6.98. The molecule has 0 radical (unpaired) electrons. The van der Waals surface area contributed by atoms with Gasteiger partial charge < -0.3 is 5.32 Å². The van der Waals surface area contributed by atoms with Gasteiger partial charge >= 0.3 is 0 Å². The Balaban J connectivity index is 2.12. The number of nitrogens with one attached hydrogen (secondary N) is 1.